The monoisotopic (exact) mass is 422 g/mol. The highest BCUT2D eigenvalue weighted by molar-refractivity contribution is 7.15. The number of anilines is 2. The van der Waals surface area contributed by atoms with Gasteiger partial charge in [-0.05, 0) is 30.7 Å². The van der Waals surface area contributed by atoms with E-state index in [1.807, 2.05) is 60.7 Å². The summed E-state index contributed by atoms with van der Waals surface area (Å²) >= 11 is 1.33. The highest BCUT2D eigenvalue weighted by atomic mass is 32.1. The zero-order valence-corrected chi connectivity index (χ0v) is 17.2. The molecule has 2 amide bonds. The van der Waals surface area contributed by atoms with Crippen molar-refractivity contribution in [1.29, 1.82) is 0 Å². The molecule has 1 saturated heterocycles. The first kappa shape index (κ1) is 20.0. The molecule has 1 aliphatic heterocycles. The maximum absolute atomic E-state index is 12.4. The molecule has 1 fully saturated rings. The molecule has 0 aliphatic carbocycles. The normalized spacial score (nSPS) is 15.9. The van der Waals surface area contributed by atoms with Crippen molar-refractivity contribution in [2.75, 3.05) is 23.4 Å². The Bertz CT molecular complexity index is 994. The number of rotatable bonds is 8. The van der Waals surface area contributed by atoms with E-state index in [9.17, 15) is 9.59 Å². The number of para-hydroxylation sites is 2. The van der Waals surface area contributed by atoms with Gasteiger partial charge in [0.05, 0.1) is 6.61 Å². The molecule has 3 aromatic rings. The SMILES string of the molecule is O=C(CCCOc1ccccc1)Nc1nnc(C2CC(=O)N(c3ccccc3)C2)s1. The fourth-order valence-corrected chi connectivity index (χ4v) is 4.15. The van der Waals surface area contributed by atoms with Crippen LogP contribution in [-0.2, 0) is 9.59 Å². The van der Waals surface area contributed by atoms with Gasteiger partial charge in [-0.2, -0.15) is 0 Å². The summed E-state index contributed by atoms with van der Waals surface area (Å²) in [5.41, 5.74) is 0.890. The molecule has 2 heterocycles. The molecule has 2 aromatic carbocycles. The van der Waals surface area contributed by atoms with Crippen molar-refractivity contribution in [3.8, 4) is 5.75 Å². The number of nitrogens with zero attached hydrogens (tertiary/aromatic N) is 3. The van der Waals surface area contributed by atoms with Crippen LogP contribution in [0.2, 0.25) is 0 Å². The quantitative estimate of drug-likeness (QED) is 0.557. The van der Waals surface area contributed by atoms with E-state index < -0.39 is 0 Å². The number of amides is 2. The van der Waals surface area contributed by atoms with Crippen LogP contribution in [0.15, 0.2) is 60.7 Å². The third-order valence-corrected chi connectivity index (χ3v) is 5.79. The van der Waals surface area contributed by atoms with Gasteiger partial charge in [-0.25, -0.2) is 0 Å². The third-order valence-electron chi connectivity index (χ3n) is 4.79. The first-order chi connectivity index (χ1) is 14.7. The van der Waals surface area contributed by atoms with Crippen molar-refractivity contribution < 1.29 is 14.3 Å². The Hall–Kier alpha value is -3.26. The van der Waals surface area contributed by atoms with Gasteiger partial charge < -0.3 is 15.0 Å². The molecule has 0 spiro atoms. The van der Waals surface area contributed by atoms with Crippen molar-refractivity contribution in [2.24, 2.45) is 0 Å². The van der Waals surface area contributed by atoms with Gasteiger partial charge in [-0.15, -0.1) is 10.2 Å². The number of hydrogen-bond donors (Lipinski definition) is 1. The first-order valence-electron chi connectivity index (χ1n) is 9.85. The maximum Gasteiger partial charge on any atom is 0.227 e. The largest absolute Gasteiger partial charge is 0.494 e. The molecule has 1 N–H and O–H groups in total. The minimum atomic E-state index is -0.122. The Labute approximate surface area is 178 Å². The molecule has 8 heteroatoms. The van der Waals surface area contributed by atoms with Crippen molar-refractivity contribution in [3.05, 3.63) is 65.7 Å². The van der Waals surface area contributed by atoms with E-state index in [0.717, 1.165) is 16.4 Å². The van der Waals surface area contributed by atoms with E-state index in [1.54, 1.807) is 4.90 Å². The van der Waals surface area contributed by atoms with E-state index in [1.165, 1.54) is 11.3 Å². The van der Waals surface area contributed by atoms with Crippen molar-refractivity contribution in [1.82, 2.24) is 10.2 Å². The van der Waals surface area contributed by atoms with Crippen molar-refractivity contribution in [3.63, 3.8) is 0 Å². The summed E-state index contributed by atoms with van der Waals surface area (Å²) in [4.78, 5) is 26.3. The predicted molar refractivity (Wildman–Crippen MR) is 116 cm³/mol. The second-order valence-corrected chi connectivity index (χ2v) is 8.01. The standard InChI is InChI=1S/C22H22N4O3S/c27-19(12-7-13-29-18-10-5-2-6-11-18)23-22-25-24-21(30-22)16-14-20(28)26(15-16)17-8-3-1-4-9-17/h1-6,8-11,16H,7,12-15H2,(H,23,25,27). The number of aromatic nitrogens is 2. The van der Waals surface area contributed by atoms with Gasteiger partial charge in [0.15, 0.2) is 0 Å². The lowest BCUT2D eigenvalue weighted by molar-refractivity contribution is -0.117. The van der Waals surface area contributed by atoms with Crippen molar-refractivity contribution >= 4 is 34.0 Å². The average molecular weight is 423 g/mol. The molecule has 0 bridgehead atoms. The summed E-state index contributed by atoms with van der Waals surface area (Å²) in [6, 6.07) is 19.1. The average Bonchev–Trinajstić information content (AvgIpc) is 3.39. The molecule has 1 atom stereocenters. The summed E-state index contributed by atoms with van der Waals surface area (Å²) in [6.45, 7) is 1.04. The van der Waals surface area contributed by atoms with E-state index in [0.29, 0.717) is 37.5 Å². The Morgan fingerprint density at radius 2 is 1.83 bits per heavy atom. The molecular formula is C22H22N4O3S. The van der Waals surface area contributed by atoms with E-state index in [4.69, 9.17) is 4.74 Å². The van der Waals surface area contributed by atoms with Crippen LogP contribution in [0.1, 0.15) is 30.2 Å². The lowest BCUT2D eigenvalue weighted by Gasteiger charge is -2.15. The van der Waals surface area contributed by atoms with Crippen molar-refractivity contribution in [2.45, 2.75) is 25.2 Å². The van der Waals surface area contributed by atoms with Gasteiger partial charge in [0.2, 0.25) is 16.9 Å². The Morgan fingerprint density at radius 1 is 1.10 bits per heavy atom. The number of carbonyl (C=O) groups excluding carboxylic acids is 2. The Morgan fingerprint density at radius 3 is 2.60 bits per heavy atom. The number of benzene rings is 2. The van der Waals surface area contributed by atoms with Crippen LogP contribution >= 0.6 is 11.3 Å². The summed E-state index contributed by atoms with van der Waals surface area (Å²) in [5, 5.41) is 12.3. The summed E-state index contributed by atoms with van der Waals surface area (Å²) in [5.74, 6) is 0.732. The molecule has 0 radical (unpaired) electrons. The van der Waals surface area contributed by atoms with Crippen LogP contribution < -0.4 is 15.0 Å². The second-order valence-electron chi connectivity index (χ2n) is 7.00. The molecule has 30 heavy (non-hydrogen) atoms. The van der Waals surface area contributed by atoms with Crippen LogP contribution in [0.4, 0.5) is 10.8 Å². The summed E-state index contributed by atoms with van der Waals surface area (Å²) in [7, 11) is 0. The van der Waals surface area contributed by atoms with Gasteiger partial charge in [0, 0.05) is 31.0 Å². The first-order valence-corrected chi connectivity index (χ1v) is 10.7. The molecule has 7 nitrogen and oxygen atoms in total. The zero-order chi connectivity index (χ0) is 20.8. The minimum Gasteiger partial charge on any atom is -0.494 e. The Balaban J connectivity index is 1.25. The van der Waals surface area contributed by atoms with Crippen LogP contribution in [0, 0.1) is 0 Å². The molecule has 1 aromatic heterocycles. The van der Waals surface area contributed by atoms with E-state index in [2.05, 4.69) is 15.5 Å². The van der Waals surface area contributed by atoms with E-state index >= 15 is 0 Å². The third kappa shape index (κ3) is 5.01. The Kier molecular flexibility index (Phi) is 6.34. The van der Waals surface area contributed by atoms with Gasteiger partial charge in [-0.3, -0.25) is 9.59 Å². The molecule has 4 rings (SSSR count). The fraction of sp³-hybridized carbons (Fsp3) is 0.273. The highest BCUT2D eigenvalue weighted by Crippen LogP contribution is 2.34. The van der Waals surface area contributed by atoms with Crippen LogP contribution in [0.25, 0.3) is 0 Å². The topological polar surface area (TPSA) is 84.4 Å². The lowest BCUT2D eigenvalue weighted by atomic mass is 10.1. The second kappa shape index (κ2) is 9.49. The molecule has 1 unspecified atom stereocenters. The summed E-state index contributed by atoms with van der Waals surface area (Å²) < 4.78 is 5.59. The molecule has 154 valence electrons. The summed E-state index contributed by atoms with van der Waals surface area (Å²) in [6.07, 6.45) is 1.34. The number of ether oxygens (including phenoxy) is 1. The fourth-order valence-electron chi connectivity index (χ4n) is 3.30. The van der Waals surface area contributed by atoms with E-state index in [-0.39, 0.29) is 17.7 Å². The smallest absolute Gasteiger partial charge is 0.227 e. The predicted octanol–water partition coefficient (Wildman–Crippen LogP) is 3.86. The van der Waals surface area contributed by atoms with Gasteiger partial charge in [-0.1, -0.05) is 47.7 Å². The molecule has 0 saturated carbocycles. The highest BCUT2D eigenvalue weighted by Gasteiger charge is 2.33. The molecule has 1 aliphatic rings. The van der Waals surface area contributed by atoms with Crippen LogP contribution in [0.5, 0.6) is 5.75 Å². The molecular weight excluding hydrogens is 400 g/mol. The van der Waals surface area contributed by atoms with Crippen LogP contribution in [-0.4, -0.2) is 35.2 Å². The minimum absolute atomic E-state index is 0.0138. The van der Waals surface area contributed by atoms with Gasteiger partial charge in [0.25, 0.3) is 0 Å². The number of nitrogens with one attached hydrogen (secondary N) is 1. The number of hydrogen-bond acceptors (Lipinski definition) is 6. The lowest BCUT2D eigenvalue weighted by Crippen LogP contribution is -2.24. The van der Waals surface area contributed by atoms with Crippen LogP contribution in [0.3, 0.4) is 0 Å². The number of carbonyl (C=O) groups is 2. The maximum atomic E-state index is 12.4. The zero-order valence-electron chi connectivity index (χ0n) is 16.4. The van der Waals surface area contributed by atoms with Gasteiger partial charge >= 0.3 is 0 Å². The van der Waals surface area contributed by atoms with Gasteiger partial charge in [0.1, 0.15) is 10.8 Å².